The zero-order valence-corrected chi connectivity index (χ0v) is 19.6. The van der Waals surface area contributed by atoms with Crippen LogP contribution in [-0.2, 0) is 16.2 Å². The average Bonchev–Trinajstić information content (AvgIpc) is 2.78. The number of imide groups is 2. The van der Waals surface area contributed by atoms with Crippen molar-refractivity contribution >= 4 is 52.2 Å². The number of anilines is 1. The van der Waals surface area contributed by atoms with Crippen molar-refractivity contribution in [1.29, 1.82) is 0 Å². The Kier molecular flexibility index (Phi) is 6.55. The molecule has 6 nitrogen and oxygen atoms in total. The lowest BCUT2D eigenvalue weighted by atomic mass is 10.1. The summed E-state index contributed by atoms with van der Waals surface area (Å²) in [6.07, 6.45) is 1.41. The highest BCUT2D eigenvalue weighted by Gasteiger charge is 2.36. The molecule has 0 saturated carbocycles. The van der Waals surface area contributed by atoms with Gasteiger partial charge in [-0.1, -0.05) is 35.9 Å². The minimum absolute atomic E-state index is 0.159. The maximum Gasteiger partial charge on any atom is 0.335 e. The van der Waals surface area contributed by atoms with E-state index in [1.807, 2.05) is 31.2 Å². The predicted molar refractivity (Wildman–Crippen MR) is 130 cm³/mol. The lowest BCUT2D eigenvalue weighted by Gasteiger charge is -2.26. The number of benzene rings is 3. The molecule has 1 heterocycles. The summed E-state index contributed by atoms with van der Waals surface area (Å²) in [6, 6.07) is 17.3. The van der Waals surface area contributed by atoms with E-state index < -0.39 is 23.7 Å². The average molecular weight is 556 g/mol. The minimum Gasteiger partial charge on any atom is -0.488 e. The molecule has 1 saturated heterocycles. The van der Waals surface area contributed by atoms with Gasteiger partial charge in [-0.15, -0.1) is 0 Å². The molecule has 33 heavy (non-hydrogen) atoms. The number of hydrogen-bond acceptors (Lipinski definition) is 4. The molecule has 0 bridgehead atoms. The fraction of sp³-hybridized carbons (Fsp3) is 0.0800. The number of urea groups is 1. The Labute approximate surface area is 203 Å². The van der Waals surface area contributed by atoms with E-state index in [-0.39, 0.29) is 11.3 Å². The van der Waals surface area contributed by atoms with Gasteiger partial charge in [0.25, 0.3) is 11.8 Å². The Morgan fingerprint density at radius 3 is 2.36 bits per heavy atom. The van der Waals surface area contributed by atoms with Gasteiger partial charge in [0, 0.05) is 0 Å². The first-order valence-electron chi connectivity index (χ1n) is 9.97. The Balaban J connectivity index is 1.55. The van der Waals surface area contributed by atoms with Crippen LogP contribution in [0, 0.1) is 16.3 Å². The normalized spacial score (nSPS) is 15.1. The van der Waals surface area contributed by atoms with Crippen molar-refractivity contribution in [1.82, 2.24) is 5.32 Å². The third-order valence-corrected chi connectivity index (χ3v) is 5.81. The molecular formula is C25H18FIN2O4. The van der Waals surface area contributed by atoms with Crippen molar-refractivity contribution < 1.29 is 23.5 Å². The number of ether oxygens (including phenoxy) is 1. The van der Waals surface area contributed by atoms with Gasteiger partial charge in [-0.25, -0.2) is 14.1 Å². The highest BCUT2D eigenvalue weighted by Crippen LogP contribution is 2.26. The number of nitrogens with zero attached hydrogens (tertiary/aromatic N) is 1. The molecule has 0 radical (unpaired) electrons. The second-order valence-corrected chi connectivity index (χ2v) is 8.56. The van der Waals surface area contributed by atoms with E-state index >= 15 is 0 Å². The van der Waals surface area contributed by atoms with Crippen LogP contribution < -0.4 is 15.0 Å². The quantitative estimate of drug-likeness (QED) is 0.273. The summed E-state index contributed by atoms with van der Waals surface area (Å²) in [5.74, 6) is -1.42. The summed E-state index contributed by atoms with van der Waals surface area (Å²) in [7, 11) is 0. The van der Waals surface area contributed by atoms with Crippen LogP contribution in [-0.4, -0.2) is 17.8 Å². The van der Waals surface area contributed by atoms with Gasteiger partial charge in [0.15, 0.2) is 0 Å². The van der Waals surface area contributed by atoms with E-state index in [4.69, 9.17) is 4.74 Å². The van der Waals surface area contributed by atoms with Gasteiger partial charge in [0.05, 0.1) is 9.26 Å². The van der Waals surface area contributed by atoms with Crippen LogP contribution in [0.25, 0.3) is 6.08 Å². The summed E-state index contributed by atoms with van der Waals surface area (Å²) in [4.78, 5) is 38.3. The SMILES string of the molecule is Cc1ccc(COc2ccc(/C=C3\C(=O)NC(=O)N(c4ccc(F)cc4)C3=O)cc2I)cc1. The molecular weight excluding hydrogens is 538 g/mol. The standard InChI is InChI=1S/C25H18FIN2O4/c1-15-2-4-16(5-3-15)14-33-22-11-6-17(13-21(22)27)12-20-23(30)28-25(32)29(24(20)31)19-9-7-18(26)8-10-19/h2-13H,14H2,1H3,(H,28,30,32)/b20-12+. The van der Waals surface area contributed by atoms with Crippen LogP contribution in [0.15, 0.2) is 72.3 Å². The third-order valence-electron chi connectivity index (χ3n) is 4.97. The molecule has 4 rings (SSSR count). The summed E-state index contributed by atoms with van der Waals surface area (Å²) in [6.45, 7) is 2.43. The van der Waals surface area contributed by atoms with Crippen molar-refractivity contribution in [2.75, 3.05) is 4.90 Å². The fourth-order valence-electron chi connectivity index (χ4n) is 3.22. The number of rotatable bonds is 5. The number of nitrogens with one attached hydrogen (secondary N) is 1. The number of amides is 4. The fourth-order valence-corrected chi connectivity index (χ4v) is 3.91. The Hall–Kier alpha value is -3.53. The second kappa shape index (κ2) is 9.53. The van der Waals surface area contributed by atoms with E-state index in [2.05, 4.69) is 27.9 Å². The van der Waals surface area contributed by atoms with Gasteiger partial charge < -0.3 is 4.74 Å². The van der Waals surface area contributed by atoms with Gasteiger partial charge in [-0.2, -0.15) is 0 Å². The van der Waals surface area contributed by atoms with Crippen molar-refractivity contribution in [2.45, 2.75) is 13.5 Å². The zero-order chi connectivity index (χ0) is 23.5. The van der Waals surface area contributed by atoms with Crippen LogP contribution in [0.4, 0.5) is 14.9 Å². The first kappa shape index (κ1) is 22.7. The lowest BCUT2D eigenvalue weighted by molar-refractivity contribution is -0.122. The molecule has 0 unspecified atom stereocenters. The molecule has 0 aliphatic carbocycles. The molecule has 0 spiro atoms. The molecule has 1 fully saturated rings. The predicted octanol–water partition coefficient (Wildman–Crippen LogP) is 4.98. The lowest BCUT2D eigenvalue weighted by Crippen LogP contribution is -2.54. The highest BCUT2D eigenvalue weighted by atomic mass is 127. The number of barbiturate groups is 1. The molecule has 3 aromatic rings. The number of carbonyl (C=O) groups excluding carboxylic acids is 3. The molecule has 3 aromatic carbocycles. The molecule has 0 aromatic heterocycles. The maximum absolute atomic E-state index is 13.2. The summed E-state index contributed by atoms with van der Waals surface area (Å²) >= 11 is 2.12. The van der Waals surface area contributed by atoms with Crippen LogP contribution in [0.3, 0.4) is 0 Å². The van der Waals surface area contributed by atoms with Gasteiger partial charge in [-0.3, -0.25) is 14.9 Å². The van der Waals surface area contributed by atoms with Crippen LogP contribution in [0.1, 0.15) is 16.7 Å². The summed E-state index contributed by atoms with van der Waals surface area (Å²) in [5, 5.41) is 2.15. The molecule has 0 atom stereocenters. The van der Waals surface area contributed by atoms with E-state index in [1.165, 1.54) is 23.8 Å². The Bertz CT molecular complexity index is 1270. The van der Waals surface area contributed by atoms with Crippen molar-refractivity contribution in [2.24, 2.45) is 0 Å². The van der Waals surface area contributed by atoms with Crippen LogP contribution in [0.5, 0.6) is 5.75 Å². The summed E-state index contributed by atoms with van der Waals surface area (Å²) < 4.78 is 19.9. The first-order valence-corrected chi connectivity index (χ1v) is 11.0. The molecule has 1 N–H and O–H groups in total. The first-order chi connectivity index (χ1) is 15.8. The molecule has 166 valence electrons. The topological polar surface area (TPSA) is 75.7 Å². The largest absolute Gasteiger partial charge is 0.488 e. The number of halogens is 2. The molecule has 1 aliphatic rings. The van der Waals surface area contributed by atoms with Crippen LogP contribution in [0.2, 0.25) is 0 Å². The van der Waals surface area contributed by atoms with Gasteiger partial charge in [0.1, 0.15) is 23.7 Å². The van der Waals surface area contributed by atoms with Crippen molar-refractivity contribution in [3.63, 3.8) is 0 Å². The maximum atomic E-state index is 13.2. The van der Waals surface area contributed by atoms with Gasteiger partial charge in [-0.05, 0) is 83.1 Å². The van der Waals surface area contributed by atoms with E-state index in [1.54, 1.807) is 18.2 Å². The van der Waals surface area contributed by atoms with Gasteiger partial charge in [0.2, 0.25) is 0 Å². The smallest absolute Gasteiger partial charge is 0.335 e. The number of hydrogen-bond donors (Lipinski definition) is 1. The highest BCUT2D eigenvalue weighted by molar-refractivity contribution is 14.1. The molecule has 1 aliphatic heterocycles. The Morgan fingerprint density at radius 2 is 1.70 bits per heavy atom. The molecule has 4 amide bonds. The zero-order valence-electron chi connectivity index (χ0n) is 17.5. The second-order valence-electron chi connectivity index (χ2n) is 7.40. The number of carbonyl (C=O) groups is 3. The third kappa shape index (κ3) is 5.11. The summed E-state index contributed by atoms with van der Waals surface area (Å²) in [5.41, 5.74) is 2.76. The van der Waals surface area contributed by atoms with Crippen LogP contribution >= 0.6 is 22.6 Å². The van der Waals surface area contributed by atoms with Crippen molar-refractivity contribution in [3.05, 3.63) is 98.4 Å². The number of aryl methyl sites for hydroxylation is 1. The minimum atomic E-state index is -0.886. The van der Waals surface area contributed by atoms with Gasteiger partial charge >= 0.3 is 6.03 Å². The molecule has 8 heteroatoms. The van der Waals surface area contributed by atoms with E-state index in [0.717, 1.165) is 26.2 Å². The monoisotopic (exact) mass is 556 g/mol. The Morgan fingerprint density at radius 1 is 1.00 bits per heavy atom. The van der Waals surface area contributed by atoms with E-state index in [9.17, 15) is 18.8 Å². The van der Waals surface area contributed by atoms with Crippen molar-refractivity contribution in [3.8, 4) is 5.75 Å². The van der Waals surface area contributed by atoms with E-state index in [0.29, 0.717) is 17.9 Å².